The van der Waals surface area contributed by atoms with Crippen LogP contribution in [0.25, 0.3) is 0 Å². The normalized spacial score (nSPS) is 23.9. The van der Waals surface area contributed by atoms with Crippen molar-refractivity contribution in [2.45, 2.75) is 50.8 Å². The third kappa shape index (κ3) is 3.72. The lowest BCUT2D eigenvalue weighted by molar-refractivity contribution is -0.141. The van der Waals surface area contributed by atoms with Crippen molar-refractivity contribution in [2.24, 2.45) is 5.92 Å². The predicted octanol–water partition coefficient (Wildman–Crippen LogP) is 3.52. The molecule has 1 aliphatic heterocycles. The zero-order valence-electron chi connectivity index (χ0n) is 15.7. The molecule has 2 aliphatic rings. The van der Waals surface area contributed by atoms with E-state index < -0.39 is 12.0 Å². The molecule has 1 N–H and O–H groups in total. The Bertz CT molecular complexity index is 837. The van der Waals surface area contributed by atoms with Gasteiger partial charge in [0.1, 0.15) is 18.4 Å². The number of hydrogen-bond donors (Lipinski definition) is 1. The van der Waals surface area contributed by atoms with Gasteiger partial charge in [-0.05, 0) is 67.1 Å². The number of hydrogen-bond acceptors (Lipinski definition) is 4. The van der Waals surface area contributed by atoms with Gasteiger partial charge in [-0.25, -0.2) is 4.79 Å². The van der Waals surface area contributed by atoms with Crippen molar-refractivity contribution in [2.75, 3.05) is 0 Å². The molecule has 1 aliphatic carbocycles. The van der Waals surface area contributed by atoms with E-state index in [4.69, 9.17) is 4.74 Å². The molecule has 2 fully saturated rings. The summed E-state index contributed by atoms with van der Waals surface area (Å²) in [5.41, 5.74) is 1.52. The summed E-state index contributed by atoms with van der Waals surface area (Å²) in [5.74, 6) is -0.121. The fourth-order valence-electron chi connectivity index (χ4n) is 4.46. The number of carboxylic acids is 1. The number of fused-ring (bicyclic) bond motifs is 1. The van der Waals surface area contributed by atoms with E-state index >= 15 is 0 Å². The Labute approximate surface area is 164 Å². The maximum atomic E-state index is 13.1. The quantitative estimate of drug-likeness (QED) is 0.858. The van der Waals surface area contributed by atoms with E-state index in [1.54, 1.807) is 41.6 Å². The van der Waals surface area contributed by atoms with Crippen LogP contribution in [0.5, 0.6) is 5.75 Å². The largest absolute Gasteiger partial charge is 0.489 e. The molecule has 1 aromatic carbocycles. The van der Waals surface area contributed by atoms with Gasteiger partial charge < -0.3 is 14.7 Å². The molecule has 4 rings (SSSR count). The number of amides is 1. The molecule has 0 spiro atoms. The number of likely N-dealkylation sites (tertiary alicyclic amines) is 1. The van der Waals surface area contributed by atoms with E-state index in [9.17, 15) is 14.7 Å². The van der Waals surface area contributed by atoms with Gasteiger partial charge in [0.2, 0.25) is 0 Å². The molecule has 146 valence electrons. The molecule has 6 heteroatoms. The summed E-state index contributed by atoms with van der Waals surface area (Å²) in [4.78, 5) is 30.5. The molecule has 3 atom stereocenters. The lowest BCUT2D eigenvalue weighted by Crippen LogP contribution is -2.46. The number of benzene rings is 1. The zero-order valence-corrected chi connectivity index (χ0v) is 15.7. The lowest BCUT2D eigenvalue weighted by Gasteiger charge is -2.33. The number of rotatable bonds is 5. The van der Waals surface area contributed by atoms with Crippen molar-refractivity contribution in [3.05, 3.63) is 59.9 Å². The molecule has 6 nitrogen and oxygen atoms in total. The van der Waals surface area contributed by atoms with Crippen LogP contribution in [0.4, 0.5) is 0 Å². The third-order valence-corrected chi connectivity index (χ3v) is 5.86. The first-order valence-corrected chi connectivity index (χ1v) is 9.80. The lowest BCUT2D eigenvalue weighted by atomic mass is 9.84. The van der Waals surface area contributed by atoms with Crippen LogP contribution in [0, 0.1) is 5.92 Å². The summed E-state index contributed by atoms with van der Waals surface area (Å²) in [7, 11) is 0. The second kappa shape index (κ2) is 8.00. The molecule has 1 aromatic heterocycles. The third-order valence-electron chi connectivity index (χ3n) is 5.86. The second-order valence-corrected chi connectivity index (χ2v) is 7.58. The summed E-state index contributed by atoms with van der Waals surface area (Å²) in [6.45, 7) is 0.423. The van der Waals surface area contributed by atoms with Gasteiger partial charge in [0, 0.05) is 24.0 Å². The van der Waals surface area contributed by atoms with Gasteiger partial charge in [0.15, 0.2) is 0 Å². The van der Waals surface area contributed by atoms with Crippen LogP contribution in [-0.2, 0) is 11.4 Å². The Morgan fingerprint density at radius 3 is 2.50 bits per heavy atom. The Kier molecular flexibility index (Phi) is 5.28. The molecule has 0 radical (unpaired) electrons. The minimum Gasteiger partial charge on any atom is -0.489 e. The highest BCUT2D eigenvalue weighted by atomic mass is 16.5. The Morgan fingerprint density at radius 1 is 1.07 bits per heavy atom. The van der Waals surface area contributed by atoms with Gasteiger partial charge >= 0.3 is 5.97 Å². The van der Waals surface area contributed by atoms with E-state index in [1.165, 1.54) is 0 Å². The molecule has 3 unspecified atom stereocenters. The number of carboxylic acid groups (broad SMARTS) is 1. The van der Waals surface area contributed by atoms with Crippen LogP contribution in [0.3, 0.4) is 0 Å². The first kappa shape index (κ1) is 18.5. The van der Waals surface area contributed by atoms with Crippen LogP contribution < -0.4 is 4.74 Å². The molecule has 1 saturated heterocycles. The van der Waals surface area contributed by atoms with E-state index in [-0.39, 0.29) is 11.9 Å². The molecular formula is C22H24N2O4. The van der Waals surface area contributed by atoms with E-state index in [0.29, 0.717) is 30.3 Å². The van der Waals surface area contributed by atoms with Gasteiger partial charge in [-0.3, -0.25) is 9.78 Å². The number of aliphatic carboxylic acids is 1. The van der Waals surface area contributed by atoms with Crippen molar-refractivity contribution >= 4 is 11.9 Å². The van der Waals surface area contributed by atoms with E-state index in [0.717, 1.165) is 31.2 Å². The van der Waals surface area contributed by atoms with E-state index in [1.807, 2.05) is 12.1 Å². The fraction of sp³-hybridized carbons (Fsp3) is 0.409. The van der Waals surface area contributed by atoms with Crippen LogP contribution in [0.15, 0.2) is 48.8 Å². The van der Waals surface area contributed by atoms with Crippen molar-refractivity contribution in [1.82, 2.24) is 9.88 Å². The van der Waals surface area contributed by atoms with Crippen LogP contribution in [0.1, 0.15) is 48.0 Å². The van der Waals surface area contributed by atoms with E-state index in [2.05, 4.69) is 4.98 Å². The summed E-state index contributed by atoms with van der Waals surface area (Å²) >= 11 is 0. The Hall–Kier alpha value is -2.89. The minimum atomic E-state index is -0.903. The van der Waals surface area contributed by atoms with Crippen LogP contribution >= 0.6 is 0 Å². The standard InChI is InChI=1S/C22H24N2O4/c25-21(24-19-4-2-1-3-17(19)13-20(24)22(26)27)16-5-7-18(8-6-16)28-14-15-9-11-23-12-10-15/h5-12,17,19-20H,1-4,13-14H2,(H,26,27). The highest BCUT2D eigenvalue weighted by molar-refractivity contribution is 5.97. The molecule has 1 saturated carbocycles. The fourth-order valence-corrected chi connectivity index (χ4v) is 4.46. The summed E-state index contributed by atoms with van der Waals surface area (Å²) < 4.78 is 5.75. The number of carbonyl (C=O) groups is 2. The molecule has 2 aromatic rings. The summed E-state index contributed by atoms with van der Waals surface area (Å²) in [5, 5.41) is 9.63. The molecule has 2 heterocycles. The van der Waals surface area contributed by atoms with Crippen LogP contribution in [-0.4, -0.2) is 39.0 Å². The molecule has 28 heavy (non-hydrogen) atoms. The number of carbonyl (C=O) groups excluding carboxylic acids is 1. The molecular weight excluding hydrogens is 356 g/mol. The maximum absolute atomic E-state index is 13.1. The van der Waals surface area contributed by atoms with Gasteiger partial charge in [0.25, 0.3) is 5.91 Å². The SMILES string of the molecule is O=C(O)C1CC2CCCCC2N1C(=O)c1ccc(OCc2ccncc2)cc1. The first-order valence-electron chi connectivity index (χ1n) is 9.80. The number of pyridine rings is 1. The van der Waals surface area contributed by atoms with Gasteiger partial charge in [0.05, 0.1) is 0 Å². The van der Waals surface area contributed by atoms with Crippen molar-refractivity contribution in [3.63, 3.8) is 0 Å². The van der Waals surface area contributed by atoms with Crippen LogP contribution in [0.2, 0.25) is 0 Å². The topological polar surface area (TPSA) is 79.7 Å². The summed E-state index contributed by atoms with van der Waals surface area (Å²) in [6.07, 6.45) is 8.09. The average molecular weight is 380 g/mol. The van der Waals surface area contributed by atoms with Gasteiger partial charge in [-0.2, -0.15) is 0 Å². The highest BCUT2D eigenvalue weighted by Crippen LogP contribution is 2.40. The number of aromatic nitrogens is 1. The molecule has 0 bridgehead atoms. The van der Waals surface area contributed by atoms with Crippen molar-refractivity contribution in [3.8, 4) is 5.75 Å². The Morgan fingerprint density at radius 2 is 1.79 bits per heavy atom. The number of ether oxygens (including phenoxy) is 1. The maximum Gasteiger partial charge on any atom is 0.326 e. The number of nitrogens with zero attached hydrogens (tertiary/aromatic N) is 2. The Balaban J connectivity index is 1.47. The van der Waals surface area contributed by atoms with Gasteiger partial charge in [-0.15, -0.1) is 0 Å². The van der Waals surface area contributed by atoms with Crippen molar-refractivity contribution < 1.29 is 19.4 Å². The average Bonchev–Trinajstić information content (AvgIpc) is 3.13. The molecule has 1 amide bonds. The smallest absolute Gasteiger partial charge is 0.326 e. The van der Waals surface area contributed by atoms with Crippen molar-refractivity contribution in [1.29, 1.82) is 0 Å². The minimum absolute atomic E-state index is 0.0463. The first-order chi connectivity index (χ1) is 13.6. The predicted molar refractivity (Wildman–Crippen MR) is 103 cm³/mol. The monoisotopic (exact) mass is 380 g/mol. The highest BCUT2D eigenvalue weighted by Gasteiger charge is 2.47. The zero-order chi connectivity index (χ0) is 19.5. The second-order valence-electron chi connectivity index (χ2n) is 7.58. The van der Waals surface area contributed by atoms with Gasteiger partial charge in [-0.1, -0.05) is 12.8 Å². The summed E-state index contributed by atoms with van der Waals surface area (Å²) in [6, 6.07) is 10.1.